The van der Waals surface area contributed by atoms with Gasteiger partial charge in [-0.1, -0.05) is 26.0 Å². The highest BCUT2D eigenvalue weighted by molar-refractivity contribution is 7.80. The monoisotopic (exact) mass is 342 g/mol. The first-order valence-corrected chi connectivity index (χ1v) is 10.2. The molecule has 2 nitrogen and oxygen atoms in total. The molecule has 3 heteroatoms. The lowest BCUT2D eigenvalue weighted by Crippen LogP contribution is -2.60. The van der Waals surface area contributed by atoms with Gasteiger partial charge >= 0.3 is 0 Å². The molecule has 130 valence electrons. The highest BCUT2D eigenvalue weighted by Gasteiger charge is 2.51. The maximum atomic E-state index is 5.66. The van der Waals surface area contributed by atoms with E-state index in [0.29, 0.717) is 5.92 Å². The van der Waals surface area contributed by atoms with Crippen LogP contribution in [-0.4, -0.2) is 10.7 Å². The molecule has 2 N–H and O–H groups in total. The Morgan fingerprint density at radius 3 is 2.12 bits per heavy atom. The molecule has 4 aliphatic rings. The third-order valence-corrected chi connectivity index (χ3v) is 6.97. The first-order valence-electron chi connectivity index (χ1n) is 9.74. The first kappa shape index (κ1) is 16.4. The van der Waals surface area contributed by atoms with Gasteiger partial charge in [0.1, 0.15) is 0 Å². The molecule has 1 aromatic carbocycles. The van der Waals surface area contributed by atoms with Crippen molar-refractivity contribution in [2.75, 3.05) is 5.32 Å². The SMILES string of the molecule is CCC(C)c1ccc(NC(=S)NC23CC4CC(CC(C4)C2)C3)cc1. The average Bonchev–Trinajstić information content (AvgIpc) is 2.53. The van der Waals surface area contributed by atoms with E-state index in [0.717, 1.165) is 28.6 Å². The van der Waals surface area contributed by atoms with Crippen molar-refractivity contribution in [3.05, 3.63) is 29.8 Å². The van der Waals surface area contributed by atoms with Crippen molar-refractivity contribution < 1.29 is 0 Å². The second-order valence-corrected chi connectivity index (χ2v) is 9.12. The second-order valence-electron chi connectivity index (χ2n) is 8.71. The third kappa shape index (κ3) is 3.20. The topological polar surface area (TPSA) is 24.1 Å². The molecular weight excluding hydrogens is 312 g/mol. The molecule has 0 radical (unpaired) electrons. The molecule has 0 amide bonds. The normalized spacial score (nSPS) is 34.8. The minimum atomic E-state index is 0.287. The zero-order chi connectivity index (χ0) is 16.7. The van der Waals surface area contributed by atoms with Crippen molar-refractivity contribution in [2.24, 2.45) is 17.8 Å². The van der Waals surface area contributed by atoms with Gasteiger partial charge in [0.05, 0.1) is 0 Å². The summed E-state index contributed by atoms with van der Waals surface area (Å²) in [4.78, 5) is 0. The molecule has 24 heavy (non-hydrogen) atoms. The van der Waals surface area contributed by atoms with Gasteiger partial charge in [0.25, 0.3) is 0 Å². The molecule has 4 fully saturated rings. The van der Waals surface area contributed by atoms with E-state index in [1.807, 2.05) is 0 Å². The number of hydrogen-bond donors (Lipinski definition) is 2. The average molecular weight is 343 g/mol. The Hall–Kier alpha value is -1.09. The van der Waals surface area contributed by atoms with Crippen molar-refractivity contribution >= 4 is 23.0 Å². The summed E-state index contributed by atoms with van der Waals surface area (Å²) in [6.07, 6.45) is 9.57. The highest BCUT2D eigenvalue weighted by atomic mass is 32.1. The zero-order valence-corrected chi connectivity index (χ0v) is 15.8. The molecule has 4 bridgehead atoms. The van der Waals surface area contributed by atoms with E-state index in [4.69, 9.17) is 12.2 Å². The lowest BCUT2D eigenvalue weighted by Gasteiger charge is -2.57. The summed E-state index contributed by atoms with van der Waals surface area (Å²) in [7, 11) is 0. The fourth-order valence-corrected chi connectivity index (χ4v) is 6.13. The summed E-state index contributed by atoms with van der Waals surface area (Å²) in [5, 5.41) is 7.98. The van der Waals surface area contributed by atoms with Crippen molar-refractivity contribution in [2.45, 2.75) is 70.3 Å². The molecule has 1 atom stereocenters. The van der Waals surface area contributed by atoms with E-state index in [9.17, 15) is 0 Å². The van der Waals surface area contributed by atoms with E-state index >= 15 is 0 Å². The van der Waals surface area contributed by atoms with Crippen LogP contribution in [0.3, 0.4) is 0 Å². The van der Waals surface area contributed by atoms with Crippen LogP contribution in [0.5, 0.6) is 0 Å². The molecule has 1 aromatic rings. The number of nitrogens with one attached hydrogen (secondary N) is 2. The van der Waals surface area contributed by atoms with Crippen LogP contribution in [0, 0.1) is 17.8 Å². The summed E-state index contributed by atoms with van der Waals surface area (Å²) < 4.78 is 0. The molecule has 0 spiro atoms. The molecule has 1 unspecified atom stereocenters. The summed E-state index contributed by atoms with van der Waals surface area (Å²) in [6.45, 7) is 4.52. The van der Waals surface area contributed by atoms with Crippen LogP contribution in [0.4, 0.5) is 5.69 Å². The standard InChI is InChI=1S/C21H30N2S/c1-3-14(2)18-4-6-19(7-5-18)22-20(24)23-21-11-15-8-16(12-21)10-17(9-15)13-21/h4-7,14-17H,3,8-13H2,1-2H3,(H2,22,23,24). The van der Waals surface area contributed by atoms with Gasteiger partial charge < -0.3 is 10.6 Å². The van der Waals surface area contributed by atoms with Gasteiger partial charge in [-0.25, -0.2) is 0 Å². The van der Waals surface area contributed by atoms with Crippen molar-refractivity contribution in [3.63, 3.8) is 0 Å². The van der Waals surface area contributed by atoms with Gasteiger partial charge in [-0.15, -0.1) is 0 Å². The molecule has 0 aliphatic heterocycles. The van der Waals surface area contributed by atoms with E-state index < -0.39 is 0 Å². The Balaban J connectivity index is 1.38. The molecular formula is C21H30N2S. The Kier molecular flexibility index (Phi) is 4.32. The van der Waals surface area contributed by atoms with Crippen molar-refractivity contribution in [3.8, 4) is 0 Å². The number of benzene rings is 1. The van der Waals surface area contributed by atoms with E-state index in [1.54, 1.807) is 0 Å². The smallest absolute Gasteiger partial charge is 0.171 e. The summed E-state index contributed by atoms with van der Waals surface area (Å²) in [5.74, 6) is 3.46. The van der Waals surface area contributed by atoms with E-state index in [1.165, 1.54) is 50.5 Å². The fourth-order valence-electron chi connectivity index (χ4n) is 5.80. The van der Waals surface area contributed by atoms with Crippen molar-refractivity contribution in [1.82, 2.24) is 5.32 Å². The van der Waals surface area contributed by atoms with Crippen LogP contribution >= 0.6 is 12.2 Å². The minimum Gasteiger partial charge on any atom is -0.357 e. The maximum absolute atomic E-state index is 5.66. The first-order chi connectivity index (χ1) is 11.5. The Bertz CT molecular complexity index is 571. The molecule has 4 saturated carbocycles. The molecule has 4 aliphatic carbocycles. The number of anilines is 1. The van der Waals surface area contributed by atoms with E-state index in [2.05, 4.69) is 48.7 Å². The Morgan fingerprint density at radius 1 is 1.08 bits per heavy atom. The number of rotatable bonds is 4. The van der Waals surface area contributed by atoms with Crippen LogP contribution in [0.2, 0.25) is 0 Å². The quantitative estimate of drug-likeness (QED) is 0.711. The van der Waals surface area contributed by atoms with Crippen molar-refractivity contribution in [1.29, 1.82) is 0 Å². The zero-order valence-electron chi connectivity index (χ0n) is 15.0. The predicted molar refractivity (Wildman–Crippen MR) is 105 cm³/mol. The van der Waals surface area contributed by atoms with Gasteiger partial charge in [0, 0.05) is 11.2 Å². The Labute approximate surface area is 151 Å². The van der Waals surface area contributed by atoms with Crippen LogP contribution < -0.4 is 10.6 Å². The second kappa shape index (κ2) is 6.33. The third-order valence-electron chi connectivity index (χ3n) is 6.77. The van der Waals surface area contributed by atoms with Crippen LogP contribution in [0.15, 0.2) is 24.3 Å². The van der Waals surface area contributed by atoms with Gasteiger partial charge in [-0.2, -0.15) is 0 Å². The summed E-state index contributed by atoms with van der Waals surface area (Å²) in [6, 6.07) is 8.78. The Morgan fingerprint density at radius 2 is 1.62 bits per heavy atom. The lowest BCUT2D eigenvalue weighted by atomic mass is 9.53. The van der Waals surface area contributed by atoms with Gasteiger partial charge in [0.2, 0.25) is 0 Å². The van der Waals surface area contributed by atoms with Crippen LogP contribution in [-0.2, 0) is 0 Å². The fraction of sp³-hybridized carbons (Fsp3) is 0.667. The van der Waals surface area contributed by atoms with Gasteiger partial charge in [-0.05, 0) is 98.5 Å². The summed E-state index contributed by atoms with van der Waals surface area (Å²) >= 11 is 5.66. The number of hydrogen-bond acceptors (Lipinski definition) is 1. The molecule has 0 heterocycles. The van der Waals surface area contributed by atoms with Crippen LogP contribution in [0.25, 0.3) is 0 Å². The molecule has 5 rings (SSSR count). The predicted octanol–water partition coefficient (Wildman–Crippen LogP) is 5.46. The molecule has 0 aromatic heterocycles. The van der Waals surface area contributed by atoms with E-state index in [-0.39, 0.29) is 5.54 Å². The van der Waals surface area contributed by atoms with Gasteiger partial charge in [0.15, 0.2) is 5.11 Å². The highest BCUT2D eigenvalue weighted by Crippen LogP contribution is 2.55. The maximum Gasteiger partial charge on any atom is 0.171 e. The lowest BCUT2D eigenvalue weighted by molar-refractivity contribution is -0.00972. The summed E-state index contributed by atoms with van der Waals surface area (Å²) in [5.41, 5.74) is 2.79. The van der Waals surface area contributed by atoms with Gasteiger partial charge in [-0.3, -0.25) is 0 Å². The largest absolute Gasteiger partial charge is 0.357 e. The molecule has 0 saturated heterocycles. The van der Waals surface area contributed by atoms with Crippen LogP contribution in [0.1, 0.15) is 70.3 Å². The number of thiocarbonyl (C=S) groups is 1. The minimum absolute atomic E-state index is 0.287.